The van der Waals surface area contributed by atoms with Crippen molar-refractivity contribution in [3.63, 3.8) is 0 Å². The van der Waals surface area contributed by atoms with E-state index in [1.54, 1.807) is 27.7 Å². The van der Waals surface area contributed by atoms with E-state index in [4.69, 9.17) is 4.74 Å². The average Bonchev–Trinajstić information content (AvgIpc) is 2.48. The van der Waals surface area contributed by atoms with Crippen LogP contribution in [-0.2, 0) is 9.53 Å². The number of nitrogens with zero attached hydrogens (tertiary/aromatic N) is 1. The fourth-order valence-corrected chi connectivity index (χ4v) is 3.54. The number of aromatic nitrogens is 1. The molecular formula is C20H29F2N3O3. The molecule has 0 spiro atoms. The van der Waals surface area contributed by atoms with Crippen LogP contribution in [-0.4, -0.2) is 28.6 Å². The first kappa shape index (κ1) is 22.0. The fraction of sp³-hybridized carbons (Fsp3) is 0.650. The number of alkyl carbamates (subject to hydrolysis) is 1. The Morgan fingerprint density at radius 1 is 1.25 bits per heavy atom. The second-order valence-electron chi connectivity index (χ2n) is 9.21. The SMILES string of the molecule is C[C@@H](NC(=O)C(NC(=O)OC(C)(C)C)C1CC(C)(C)C1)c1ncc(F)cc1F. The maximum Gasteiger partial charge on any atom is 0.408 e. The molecule has 0 bridgehead atoms. The van der Waals surface area contributed by atoms with Crippen molar-refractivity contribution in [3.05, 3.63) is 29.6 Å². The van der Waals surface area contributed by atoms with Crippen LogP contribution in [0.15, 0.2) is 12.3 Å². The van der Waals surface area contributed by atoms with Crippen LogP contribution in [0.2, 0.25) is 0 Å². The molecular weight excluding hydrogens is 368 g/mol. The van der Waals surface area contributed by atoms with E-state index in [0.717, 1.165) is 25.1 Å². The third-order valence-corrected chi connectivity index (χ3v) is 4.66. The molecule has 2 amide bonds. The maximum absolute atomic E-state index is 13.9. The molecule has 2 atom stereocenters. The number of nitrogens with one attached hydrogen (secondary N) is 2. The number of carbonyl (C=O) groups is 2. The van der Waals surface area contributed by atoms with Gasteiger partial charge in [0.05, 0.1) is 17.9 Å². The lowest BCUT2D eigenvalue weighted by Gasteiger charge is -2.46. The number of rotatable bonds is 5. The molecule has 28 heavy (non-hydrogen) atoms. The molecule has 1 heterocycles. The summed E-state index contributed by atoms with van der Waals surface area (Å²) in [5.74, 6) is -2.14. The number of pyridine rings is 1. The molecule has 8 heteroatoms. The molecule has 156 valence electrons. The molecule has 1 saturated carbocycles. The van der Waals surface area contributed by atoms with Gasteiger partial charge >= 0.3 is 6.09 Å². The minimum absolute atomic E-state index is 0.0549. The first-order valence-electron chi connectivity index (χ1n) is 9.38. The summed E-state index contributed by atoms with van der Waals surface area (Å²) in [5, 5.41) is 5.31. The monoisotopic (exact) mass is 397 g/mol. The highest BCUT2D eigenvalue weighted by Gasteiger charge is 2.44. The quantitative estimate of drug-likeness (QED) is 0.791. The number of ether oxygens (including phenoxy) is 1. The maximum atomic E-state index is 13.9. The highest BCUT2D eigenvalue weighted by Crippen LogP contribution is 2.46. The molecule has 2 N–H and O–H groups in total. The van der Waals surface area contributed by atoms with Gasteiger partial charge in [-0.25, -0.2) is 13.6 Å². The predicted molar refractivity (Wildman–Crippen MR) is 100 cm³/mol. The molecule has 1 aliphatic rings. The van der Waals surface area contributed by atoms with Gasteiger partial charge in [-0.2, -0.15) is 0 Å². The van der Waals surface area contributed by atoms with Crippen molar-refractivity contribution in [2.75, 3.05) is 0 Å². The number of hydrogen-bond donors (Lipinski definition) is 2. The summed E-state index contributed by atoms with van der Waals surface area (Å²) < 4.78 is 32.3. The molecule has 1 aromatic heterocycles. The van der Waals surface area contributed by atoms with E-state index < -0.39 is 41.3 Å². The van der Waals surface area contributed by atoms with Crippen LogP contribution in [0.4, 0.5) is 13.6 Å². The second kappa shape index (κ2) is 8.01. The van der Waals surface area contributed by atoms with Gasteiger partial charge in [0.1, 0.15) is 23.3 Å². The van der Waals surface area contributed by atoms with Crippen molar-refractivity contribution in [1.29, 1.82) is 0 Å². The Balaban J connectivity index is 2.10. The summed E-state index contributed by atoms with van der Waals surface area (Å²) in [6.45, 7) is 10.9. The van der Waals surface area contributed by atoms with Crippen molar-refractivity contribution in [1.82, 2.24) is 15.6 Å². The highest BCUT2D eigenvalue weighted by atomic mass is 19.1. The number of hydrogen-bond acceptors (Lipinski definition) is 4. The highest BCUT2D eigenvalue weighted by molar-refractivity contribution is 5.86. The smallest absolute Gasteiger partial charge is 0.408 e. The zero-order chi connectivity index (χ0) is 21.3. The molecule has 1 unspecified atom stereocenters. The normalized spacial score (nSPS) is 18.6. The Kier molecular flexibility index (Phi) is 6.31. The summed E-state index contributed by atoms with van der Waals surface area (Å²) in [6, 6.07) is -0.881. The lowest BCUT2D eigenvalue weighted by Crippen LogP contribution is -2.56. The standard InChI is InChI=1S/C20H29F2N3O3/c1-11(15-14(22)7-13(21)10-23-15)24-17(26)16(12-8-20(5,6)9-12)25-18(27)28-19(2,3)4/h7,10-12,16H,8-9H2,1-6H3,(H,24,26)(H,25,27)/t11-,16?/m1/s1. The van der Waals surface area contributed by atoms with Gasteiger partial charge in [0, 0.05) is 6.07 Å². The van der Waals surface area contributed by atoms with E-state index in [9.17, 15) is 18.4 Å². The van der Waals surface area contributed by atoms with Crippen LogP contribution in [0.25, 0.3) is 0 Å². The van der Waals surface area contributed by atoms with Crippen LogP contribution >= 0.6 is 0 Å². The van der Waals surface area contributed by atoms with Crippen molar-refractivity contribution in [2.45, 2.75) is 72.1 Å². The average molecular weight is 397 g/mol. The van der Waals surface area contributed by atoms with E-state index in [1.165, 1.54) is 0 Å². The van der Waals surface area contributed by atoms with E-state index in [2.05, 4.69) is 29.5 Å². The topological polar surface area (TPSA) is 80.3 Å². The molecule has 2 rings (SSSR count). The van der Waals surface area contributed by atoms with Gasteiger partial charge < -0.3 is 15.4 Å². The van der Waals surface area contributed by atoms with Crippen molar-refractivity contribution >= 4 is 12.0 Å². The molecule has 1 aliphatic carbocycles. The Morgan fingerprint density at radius 3 is 2.36 bits per heavy atom. The second-order valence-corrected chi connectivity index (χ2v) is 9.21. The number of amides is 2. The van der Waals surface area contributed by atoms with Gasteiger partial charge in [0.2, 0.25) is 5.91 Å². The lowest BCUT2D eigenvalue weighted by molar-refractivity contribution is -0.127. The molecule has 0 aliphatic heterocycles. The molecule has 1 aromatic rings. The van der Waals surface area contributed by atoms with E-state index in [-0.39, 0.29) is 17.0 Å². The van der Waals surface area contributed by atoms with E-state index in [0.29, 0.717) is 0 Å². The van der Waals surface area contributed by atoms with E-state index >= 15 is 0 Å². The van der Waals surface area contributed by atoms with Gasteiger partial charge in [-0.15, -0.1) is 0 Å². The van der Waals surface area contributed by atoms with Gasteiger partial charge in [-0.1, -0.05) is 13.8 Å². The van der Waals surface area contributed by atoms with Gasteiger partial charge in [-0.3, -0.25) is 9.78 Å². The Hall–Kier alpha value is -2.25. The first-order chi connectivity index (χ1) is 12.8. The molecule has 0 saturated heterocycles. The summed E-state index contributed by atoms with van der Waals surface area (Å²) in [5.41, 5.74) is -0.673. The fourth-order valence-electron chi connectivity index (χ4n) is 3.54. The summed E-state index contributed by atoms with van der Waals surface area (Å²) in [4.78, 5) is 28.8. The van der Waals surface area contributed by atoms with Gasteiger partial charge in [-0.05, 0) is 51.9 Å². The lowest BCUT2D eigenvalue weighted by atomic mass is 9.62. The Morgan fingerprint density at radius 2 is 1.86 bits per heavy atom. The van der Waals surface area contributed by atoms with Crippen molar-refractivity contribution in [3.8, 4) is 0 Å². The third-order valence-electron chi connectivity index (χ3n) is 4.66. The van der Waals surface area contributed by atoms with Gasteiger partial charge in [0.25, 0.3) is 0 Å². The summed E-state index contributed by atoms with van der Waals surface area (Å²) in [6.07, 6.45) is 1.74. The van der Waals surface area contributed by atoms with Crippen LogP contribution < -0.4 is 10.6 Å². The minimum atomic E-state index is -0.839. The third kappa shape index (κ3) is 5.87. The van der Waals surface area contributed by atoms with Crippen LogP contribution in [0.3, 0.4) is 0 Å². The molecule has 0 aromatic carbocycles. The van der Waals surface area contributed by atoms with E-state index in [1.807, 2.05) is 0 Å². The zero-order valence-corrected chi connectivity index (χ0v) is 17.2. The van der Waals surface area contributed by atoms with Crippen molar-refractivity contribution in [2.24, 2.45) is 11.3 Å². The Bertz CT molecular complexity index is 739. The molecule has 1 fully saturated rings. The Labute approximate surface area is 164 Å². The number of halogens is 2. The van der Waals surface area contributed by atoms with Gasteiger partial charge in [0.15, 0.2) is 0 Å². The largest absolute Gasteiger partial charge is 0.444 e. The predicted octanol–water partition coefficient (Wildman–Crippen LogP) is 3.87. The number of carbonyl (C=O) groups excluding carboxylic acids is 2. The molecule has 0 radical (unpaired) electrons. The summed E-state index contributed by atoms with van der Waals surface area (Å²) in [7, 11) is 0. The zero-order valence-electron chi connectivity index (χ0n) is 17.2. The molecule has 6 nitrogen and oxygen atoms in total. The van der Waals surface area contributed by atoms with Crippen molar-refractivity contribution < 1.29 is 23.1 Å². The van der Waals surface area contributed by atoms with Crippen LogP contribution in [0, 0.1) is 23.0 Å². The van der Waals surface area contributed by atoms with Crippen LogP contribution in [0.1, 0.15) is 66.1 Å². The first-order valence-corrected chi connectivity index (χ1v) is 9.38. The van der Waals surface area contributed by atoms with Crippen LogP contribution in [0.5, 0.6) is 0 Å². The summed E-state index contributed by atoms with van der Waals surface area (Å²) >= 11 is 0. The minimum Gasteiger partial charge on any atom is -0.444 e.